The summed E-state index contributed by atoms with van der Waals surface area (Å²) < 4.78 is 5.68. The van der Waals surface area contributed by atoms with E-state index in [2.05, 4.69) is 38.5 Å². The summed E-state index contributed by atoms with van der Waals surface area (Å²) in [6.45, 7) is 7.03. The van der Waals surface area contributed by atoms with Crippen LogP contribution in [0, 0.1) is 5.92 Å². The molecule has 0 bridgehead atoms. The van der Waals surface area contributed by atoms with Gasteiger partial charge in [0.25, 0.3) is 0 Å². The van der Waals surface area contributed by atoms with Gasteiger partial charge in [-0.1, -0.05) is 13.0 Å². The summed E-state index contributed by atoms with van der Waals surface area (Å²) in [5, 5.41) is 6.81. The van der Waals surface area contributed by atoms with Gasteiger partial charge in [-0.25, -0.2) is 4.98 Å². The van der Waals surface area contributed by atoms with E-state index in [-0.39, 0.29) is 0 Å². The molecule has 6 nitrogen and oxygen atoms in total. The maximum absolute atomic E-state index is 5.68. The Balaban J connectivity index is 1.39. The Morgan fingerprint density at radius 2 is 2.20 bits per heavy atom. The van der Waals surface area contributed by atoms with Crippen molar-refractivity contribution in [2.24, 2.45) is 10.9 Å². The number of aliphatic imine (C=N–C) groups is 1. The first-order valence-corrected chi connectivity index (χ1v) is 9.54. The molecular weight excluding hydrogens is 314 g/mol. The second kappa shape index (κ2) is 9.04. The minimum absolute atomic E-state index is 0.619. The normalized spacial score (nSPS) is 21.4. The fraction of sp³-hybridized carbons (Fsp3) is 0.684. The van der Waals surface area contributed by atoms with Gasteiger partial charge in [0, 0.05) is 38.4 Å². The van der Waals surface area contributed by atoms with Gasteiger partial charge >= 0.3 is 0 Å². The predicted octanol–water partition coefficient (Wildman–Crippen LogP) is 2.02. The zero-order valence-corrected chi connectivity index (χ0v) is 15.5. The van der Waals surface area contributed by atoms with Gasteiger partial charge in [0.1, 0.15) is 0 Å². The van der Waals surface area contributed by atoms with Crippen LogP contribution < -0.4 is 15.4 Å². The quantitative estimate of drug-likeness (QED) is 0.557. The third-order valence-corrected chi connectivity index (χ3v) is 5.06. The van der Waals surface area contributed by atoms with Crippen molar-refractivity contribution in [2.75, 3.05) is 33.3 Å². The maximum Gasteiger partial charge on any atom is 0.213 e. The summed E-state index contributed by atoms with van der Waals surface area (Å²) in [7, 11) is 1.81. The number of likely N-dealkylation sites (N-methyl/N-ethyl adjacent to an activating group) is 1. The number of aromatic nitrogens is 1. The van der Waals surface area contributed by atoms with Crippen molar-refractivity contribution in [2.45, 2.75) is 45.2 Å². The number of rotatable bonds is 8. The van der Waals surface area contributed by atoms with Crippen LogP contribution in [0.5, 0.6) is 5.88 Å². The lowest BCUT2D eigenvalue weighted by Crippen LogP contribution is -2.44. The van der Waals surface area contributed by atoms with Crippen molar-refractivity contribution in [3.63, 3.8) is 0 Å². The highest BCUT2D eigenvalue weighted by Crippen LogP contribution is 2.29. The molecule has 1 aliphatic carbocycles. The predicted molar refractivity (Wildman–Crippen MR) is 101 cm³/mol. The van der Waals surface area contributed by atoms with Gasteiger partial charge in [-0.15, -0.1) is 0 Å². The SMILES string of the molecule is CCN1CCCC1CNC(=NC)NCc1ccc(OCC2CC2)nc1. The zero-order valence-electron chi connectivity index (χ0n) is 15.5. The highest BCUT2D eigenvalue weighted by Gasteiger charge is 2.23. The van der Waals surface area contributed by atoms with Crippen LogP contribution in [0.1, 0.15) is 38.2 Å². The van der Waals surface area contributed by atoms with Crippen LogP contribution in [0.4, 0.5) is 0 Å². The lowest BCUT2D eigenvalue weighted by atomic mass is 10.2. The van der Waals surface area contributed by atoms with Crippen LogP contribution in [0.2, 0.25) is 0 Å². The van der Waals surface area contributed by atoms with E-state index in [0.29, 0.717) is 12.6 Å². The molecule has 2 N–H and O–H groups in total. The molecule has 1 aliphatic heterocycles. The molecule has 1 atom stereocenters. The van der Waals surface area contributed by atoms with Crippen molar-refractivity contribution >= 4 is 5.96 Å². The Morgan fingerprint density at radius 1 is 1.32 bits per heavy atom. The van der Waals surface area contributed by atoms with E-state index in [1.54, 1.807) is 0 Å². The molecule has 0 aromatic carbocycles. The second-order valence-corrected chi connectivity index (χ2v) is 6.99. The summed E-state index contributed by atoms with van der Waals surface area (Å²) >= 11 is 0. The maximum atomic E-state index is 5.68. The Hall–Kier alpha value is -1.82. The summed E-state index contributed by atoms with van der Waals surface area (Å²) in [6, 6.07) is 4.63. The van der Waals surface area contributed by atoms with E-state index < -0.39 is 0 Å². The lowest BCUT2D eigenvalue weighted by molar-refractivity contribution is 0.267. The Labute approximate surface area is 151 Å². The van der Waals surface area contributed by atoms with E-state index in [1.165, 1.54) is 32.2 Å². The van der Waals surface area contributed by atoms with Crippen LogP contribution in [0.3, 0.4) is 0 Å². The highest BCUT2D eigenvalue weighted by molar-refractivity contribution is 5.79. The largest absolute Gasteiger partial charge is 0.477 e. The Kier molecular flexibility index (Phi) is 6.50. The molecule has 1 aromatic heterocycles. The van der Waals surface area contributed by atoms with Crippen LogP contribution in [0.15, 0.2) is 23.3 Å². The number of guanidine groups is 1. The molecule has 25 heavy (non-hydrogen) atoms. The van der Waals surface area contributed by atoms with Crippen molar-refractivity contribution in [1.82, 2.24) is 20.5 Å². The van der Waals surface area contributed by atoms with Gasteiger partial charge in [0.05, 0.1) is 6.61 Å². The van der Waals surface area contributed by atoms with Crippen molar-refractivity contribution < 1.29 is 4.74 Å². The molecule has 2 heterocycles. The first kappa shape index (κ1) is 18.0. The molecule has 2 aliphatic rings. The number of nitrogens with one attached hydrogen (secondary N) is 2. The third-order valence-electron chi connectivity index (χ3n) is 5.06. The van der Waals surface area contributed by atoms with Crippen LogP contribution >= 0.6 is 0 Å². The molecule has 1 aromatic rings. The minimum atomic E-state index is 0.619. The van der Waals surface area contributed by atoms with Crippen molar-refractivity contribution in [3.05, 3.63) is 23.9 Å². The molecule has 0 amide bonds. The van der Waals surface area contributed by atoms with Crippen LogP contribution in [0.25, 0.3) is 0 Å². The van der Waals surface area contributed by atoms with E-state index in [1.807, 2.05) is 19.3 Å². The molecule has 0 radical (unpaired) electrons. The smallest absolute Gasteiger partial charge is 0.213 e. The summed E-state index contributed by atoms with van der Waals surface area (Å²) in [6.07, 6.45) is 7.03. The number of nitrogens with zero attached hydrogens (tertiary/aromatic N) is 3. The third kappa shape index (κ3) is 5.59. The first-order chi connectivity index (χ1) is 12.3. The van der Waals surface area contributed by atoms with Gasteiger partial charge in [-0.3, -0.25) is 9.89 Å². The summed E-state index contributed by atoms with van der Waals surface area (Å²) in [5.74, 6) is 2.32. The molecule has 6 heteroatoms. The molecule has 0 spiro atoms. The molecule has 1 saturated heterocycles. The molecule has 1 unspecified atom stereocenters. The van der Waals surface area contributed by atoms with Gasteiger partial charge in [-0.2, -0.15) is 0 Å². The molecular formula is C19H31N5O. The van der Waals surface area contributed by atoms with Gasteiger partial charge in [-0.05, 0) is 50.3 Å². The average molecular weight is 345 g/mol. The number of hydrogen-bond acceptors (Lipinski definition) is 4. The van der Waals surface area contributed by atoms with E-state index in [0.717, 1.165) is 43.0 Å². The van der Waals surface area contributed by atoms with Gasteiger partial charge in [0.15, 0.2) is 5.96 Å². The number of ether oxygens (including phenoxy) is 1. The summed E-state index contributed by atoms with van der Waals surface area (Å²) in [4.78, 5) is 11.2. The Bertz CT molecular complexity index is 555. The monoisotopic (exact) mass is 345 g/mol. The molecule has 1 saturated carbocycles. The van der Waals surface area contributed by atoms with E-state index in [4.69, 9.17) is 4.74 Å². The zero-order chi connectivity index (χ0) is 17.5. The fourth-order valence-corrected chi connectivity index (χ4v) is 3.25. The Morgan fingerprint density at radius 3 is 2.88 bits per heavy atom. The van der Waals surface area contributed by atoms with Crippen molar-refractivity contribution in [3.8, 4) is 5.88 Å². The molecule has 3 rings (SSSR count). The van der Waals surface area contributed by atoms with Crippen LogP contribution in [-0.4, -0.2) is 55.2 Å². The fourth-order valence-electron chi connectivity index (χ4n) is 3.25. The minimum Gasteiger partial charge on any atom is -0.477 e. The summed E-state index contributed by atoms with van der Waals surface area (Å²) in [5.41, 5.74) is 1.12. The number of likely N-dealkylation sites (tertiary alicyclic amines) is 1. The molecule has 138 valence electrons. The average Bonchev–Trinajstić information content (AvgIpc) is 3.37. The number of pyridine rings is 1. The number of hydrogen-bond donors (Lipinski definition) is 2. The van der Waals surface area contributed by atoms with Gasteiger partial charge in [0.2, 0.25) is 5.88 Å². The van der Waals surface area contributed by atoms with Crippen molar-refractivity contribution in [1.29, 1.82) is 0 Å². The van der Waals surface area contributed by atoms with E-state index >= 15 is 0 Å². The highest BCUT2D eigenvalue weighted by atomic mass is 16.5. The topological polar surface area (TPSA) is 61.8 Å². The standard InChI is InChI=1S/C19H31N5O/c1-3-24-10-4-5-17(24)13-23-19(20-2)22-12-16-8-9-18(21-11-16)25-14-15-6-7-15/h8-9,11,15,17H,3-7,10,12-14H2,1-2H3,(H2,20,22,23). The van der Waals surface area contributed by atoms with Gasteiger partial charge < -0.3 is 15.4 Å². The van der Waals surface area contributed by atoms with Crippen LogP contribution in [-0.2, 0) is 6.54 Å². The molecule has 2 fully saturated rings. The lowest BCUT2D eigenvalue weighted by Gasteiger charge is -2.24. The van der Waals surface area contributed by atoms with E-state index in [9.17, 15) is 0 Å². The second-order valence-electron chi connectivity index (χ2n) is 6.99. The first-order valence-electron chi connectivity index (χ1n) is 9.54.